The summed E-state index contributed by atoms with van der Waals surface area (Å²) in [6.45, 7) is 1.68. The van der Waals surface area contributed by atoms with Crippen molar-refractivity contribution in [3.8, 4) is 11.1 Å². The van der Waals surface area contributed by atoms with Crippen LogP contribution in [0.5, 0.6) is 0 Å². The molecule has 0 bridgehead atoms. The molecule has 1 aliphatic carbocycles. The van der Waals surface area contributed by atoms with Gasteiger partial charge in [-0.05, 0) is 42.5 Å². The second-order valence-corrected chi connectivity index (χ2v) is 9.64. The average molecular weight is 516 g/mol. The van der Waals surface area contributed by atoms with Crippen LogP contribution < -0.4 is 15.4 Å². The van der Waals surface area contributed by atoms with E-state index in [1.807, 2.05) is 0 Å². The lowest BCUT2D eigenvalue weighted by Gasteiger charge is -2.30. The fourth-order valence-corrected chi connectivity index (χ4v) is 5.15. The number of nitrogens with one attached hydrogen (secondary N) is 2. The minimum absolute atomic E-state index is 0.0252. The predicted octanol–water partition coefficient (Wildman–Crippen LogP) is 4.65. The molecule has 0 radical (unpaired) electrons. The summed E-state index contributed by atoms with van der Waals surface area (Å²) >= 11 is 12.9. The SMILES string of the molecule is Cc1c(-c2ccc(NC(=O)[C@@H](NC(=O)c3ccnn3C)C3CCCCC3)c(Cl)c2)c(Cl)cc[n+]1[O-]. The van der Waals surface area contributed by atoms with Gasteiger partial charge in [-0.25, -0.2) is 0 Å². The van der Waals surface area contributed by atoms with Crippen molar-refractivity contribution in [3.05, 3.63) is 69.4 Å². The molecule has 1 atom stereocenters. The molecule has 35 heavy (non-hydrogen) atoms. The fourth-order valence-electron chi connectivity index (χ4n) is 4.62. The maximum atomic E-state index is 13.4. The quantitative estimate of drug-likeness (QED) is 0.368. The minimum atomic E-state index is -0.710. The van der Waals surface area contributed by atoms with Crippen molar-refractivity contribution in [2.45, 2.75) is 45.1 Å². The van der Waals surface area contributed by atoms with Crippen LogP contribution in [0.4, 0.5) is 5.69 Å². The maximum absolute atomic E-state index is 13.4. The Morgan fingerprint density at radius 1 is 1.14 bits per heavy atom. The summed E-state index contributed by atoms with van der Waals surface area (Å²) in [5.74, 6) is -0.650. The lowest BCUT2D eigenvalue weighted by molar-refractivity contribution is -0.611. The Bertz CT molecular complexity index is 1250. The Morgan fingerprint density at radius 3 is 2.54 bits per heavy atom. The first kappa shape index (κ1) is 25.0. The van der Waals surface area contributed by atoms with Crippen LogP contribution in [0.2, 0.25) is 10.0 Å². The van der Waals surface area contributed by atoms with Crippen LogP contribution in [-0.2, 0) is 11.8 Å². The van der Waals surface area contributed by atoms with Crippen molar-refractivity contribution in [1.29, 1.82) is 0 Å². The van der Waals surface area contributed by atoms with Crippen LogP contribution in [-0.4, -0.2) is 27.6 Å². The normalized spacial score (nSPS) is 15.0. The molecule has 1 saturated carbocycles. The highest BCUT2D eigenvalue weighted by molar-refractivity contribution is 6.35. The number of nitrogens with zero attached hydrogens (tertiary/aromatic N) is 3. The van der Waals surface area contributed by atoms with E-state index >= 15 is 0 Å². The van der Waals surface area contributed by atoms with Gasteiger partial charge < -0.3 is 15.8 Å². The van der Waals surface area contributed by atoms with Crippen molar-refractivity contribution in [2.24, 2.45) is 13.0 Å². The van der Waals surface area contributed by atoms with Gasteiger partial charge in [0, 0.05) is 26.2 Å². The first-order valence-electron chi connectivity index (χ1n) is 11.5. The number of hydrogen-bond donors (Lipinski definition) is 2. The van der Waals surface area contributed by atoms with E-state index in [-0.39, 0.29) is 17.7 Å². The molecule has 10 heteroatoms. The Kier molecular flexibility index (Phi) is 7.62. The maximum Gasteiger partial charge on any atom is 0.270 e. The van der Waals surface area contributed by atoms with Crippen LogP contribution in [0.25, 0.3) is 11.1 Å². The van der Waals surface area contributed by atoms with Gasteiger partial charge in [-0.2, -0.15) is 9.83 Å². The number of rotatable bonds is 6. The topological polar surface area (TPSA) is 103 Å². The summed E-state index contributed by atoms with van der Waals surface area (Å²) in [4.78, 5) is 26.3. The van der Waals surface area contributed by atoms with Gasteiger partial charge >= 0.3 is 0 Å². The van der Waals surface area contributed by atoms with Gasteiger partial charge in [-0.15, -0.1) is 0 Å². The molecule has 0 saturated heterocycles. The molecular formula is C25H27Cl2N5O3. The van der Waals surface area contributed by atoms with E-state index in [9.17, 15) is 14.8 Å². The zero-order valence-corrected chi connectivity index (χ0v) is 21.1. The fraction of sp³-hybridized carbons (Fsp3) is 0.360. The number of hydrogen-bond acceptors (Lipinski definition) is 4. The molecule has 3 aromatic rings. The third-order valence-corrected chi connectivity index (χ3v) is 7.17. The molecule has 1 aliphatic rings. The average Bonchev–Trinajstić information content (AvgIpc) is 3.28. The Morgan fingerprint density at radius 2 is 1.89 bits per heavy atom. The smallest absolute Gasteiger partial charge is 0.270 e. The van der Waals surface area contributed by atoms with Crippen molar-refractivity contribution >= 4 is 40.7 Å². The van der Waals surface area contributed by atoms with Gasteiger partial charge in [-0.1, -0.05) is 48.5 Å². The van der Waals surface area contributed by atoms with Crippen molar-refractivity contribution in [3.63, 3.8) is 0 Å². The zero-order valence-electron chi connectivity index (χ0n) is 19.6. The monoisotopic (exact) mass is 515 g/mol. The second kappa shape index (κ2) is 10.7. The van der Waals surface area contributed by atoms with Crippen molar-refractivity contribution in [2.75, 3.05) is 5.32 Å². The predicted molar refractivity (Wildman–Crippen MR) is 135 cm³/mol. The van der Waals surface area contributed by atoms with Crippen LogP contribution >= 0.6 is 23.2 Å². The Labute approximate surface area is 213 Å². The Balaban J connectivity index is 1.57. The molecule has 8 nitrogen and oxygen atoms in total. The zero-order chi connectivity index (χ0) is 25.1. The van der Waals surface area contributed by atoms with Gasteiger partial charge in [0.05, 0.1) is 21.3 Å². The van der Waals surface area contributed by atoms with Crippen molar-refractivity contribution in [1.82, 2.24) is 15.1 Å². The highest BCUT2D eigenvalue weighted by atomic mass is 35.5. The van der Waals surface area contributed by atoms with E-state index in [4.69, 9.17) is 23.2 Å². The number of benzene rings is 1. The third kappa shape index (κ3) is 5.44. The summed E-state index contributed by atoms with van der Waals surface area (Å²) in [7, 11) is 1.68. The third-order valence-electron chi connectivity index (χ3n) is 6.55. The minimum Gasteiger partial charge on any atom is -0.618 e. The van der Waals surface area contributed by atoms with Gasteiger partial charge in [0.15, 0.2) is 11.9 Å². The summed E-state index contributed by atoms with van der Waals surface area (Å²) < 4.78 is 2.22. The first-order chi connectivity index (χ1) is 16.8. The lowest BCUT2D eigenvalue weighted by atomic mass is 9.83. The van der Waals surface area contributed by atoms with Crippen molar-refractivity contribution < 1.29 is 14.3 Å². The molecule has 4 rings (SSSR count). The van der Waals surface area contributed by atoms with E-state index in [0.717, 1.165) is 36.8 Å². The number of aryl methyl sites for hydroxylation is 1. The highest BCUT2D eigenvalue weighted by Crippen LogP contribution is 2.34. The molecule has 184 valence electrons. The standard InChI is InChI=1S/C25H27Cl2N5O3/c1-15-22(18(26)11-13-32(15)35)17-8-9-20(19(27)14-17)29-25(34)23(16-6-4-3-5-7-16)30-24(33)21-10-12-28-31(21)2/h8-14,16,23H,3-7H2,1-2H3,(H,29,34)(H,30,33)/t23-/m0/s1. The number of pyridine rings is 1. The largest absolute Gasteiger partial charge is 0.618 e. The molecule has 0 spiro atoms. The van der Waals surface area contributed by atoms with Crippen LogP contribution in [0.15, 0.2) is 42.7 Å². The van der Waals surface area contributed by atoms with Gasteiger partial charge in [0.2, 0.25) is 5.91 Å². The van der Waals surface area contributed by atoms with Crippen LogP contribution in [0, 0.1) is 18.0 Å². The number of carbonyl (C=O) groups excluding carboxylic acids is 2. The van der Waals surface area contributed by atoms with Crippen LogP contribution in [0.3, 0.4) is 0 Å². The molecular weight excluding hydrogens is 489 g/mol. The number of carbonyl (C=O) groups is 2. The first-order valence-corrected chi connectivity index (χ1v) is 12.3. The molecule has 1 aromatic carbocycles. The number of halogens is 2. The molecule has 2 N–H and O–H groups in total. The lowest BCUT2D eigenvalue weighted by Crippen LogP contribution is -2.49. The summed E-state index contributed by atoms with van der Waals surface area (Å²) in [5.41, 5.74) is 2.48. The molecule has 2 heterocycles. The number of anilines is 1. The van der Waals surface area contributed by atoms with Gasteiger partial charge in [0.25, 0.3) is 5.91 Å². The second-order valence-electron chi connectivity index (χ2n) is 8.82. The van der Waals surface area contributed by atoms with E-state index in [0.29, 0.717) is 38.2 Å². The van der Waals surface area contributed by atoms with E-state index in [1.54, 1.807) is 44.4 Å². The highest BCUT2D eigenvalue weighted by Gasteiger charge is 2.32. The van der Waals surface area contributed by atoms with E-state index < -0.39 is 6.04 Å². The van der Waals surface area contributed by atoms with Crippen LogP contribution in [0.1, 0.15) is 48.3 Å². The van der Waals surface area contributed by atoms with Gasteiger partial charge in [-0.3, -0.25) is 14.3 Å². The number of amides is 2. The molecule has 2 amide bonds. The summed E-state index contributed by atoms with van der Waals surface area (Å²) in [6, 6.07) is 7.52. The molecule has 0 aliphatic heterocycles. The number of aromatic nitrogens is 3. The molecule has 1 fully saturated rings. The molecule has 2 aromatic heterocycles. The molecule has 0 unspecified atom stereocenters. The van der Waals surface area contributed by atoms with E-state index in [1.165, 1.54) is 16.9 Å². The Hall–Kier alpha value is -3.10. The summed E-state index contributed by atoms with van der Waals surface area (Å²) in [5, 5.41) is 22.6. The summed E-state index contributed by atoms with van der Waals surface area (Å²) in [6.07, 6.45) is 7.77. The van der Waals surface area contributed by atoms with E-state index in [2.05, 4.69) is 15.7 Å². The van der Waals surface area contributed by atoms with Gasteiger partial charge in [0.1, 0.15) is 11.7 Å².